The summed E-state index contributed by atoms with van der Waals surface area (Å²) in [5.74, 6) is 0.373. The van der Waals surface area contributed by atoms with Crippen molar-refractivity contribution in [1.29, 1.82) is 0 Å². The number of aromatic nitrogens is 2. The maximum Gasteiger partial charge on any atom is 0.573 e. The summed E-state index contributed by atoms with van der Waals surface area (Å²) < 4.78 is 39.6. The van der Waals surface area contributed by atoms with Crippen LogP contribution in [0.4, 0.5) is 13.2 Å². The molecule has 0 atom stereocenters. The van der Waals surface area contributed by atoms with Crippen molar-refractivity contribution in [2.24, 2.45) is 0 Å². The Kier molecular flexibility index (Phi) is 2.67. The zero-order valence-corrected chi connectivity index (χ0v) is 8.56. The number of benzene rings is 1. The standard InChI is InChI=1S/C9H6ClF3N2O/c10-4-8-14-6-2-1-5(3-7(6)15-8)16-9(11,12)13/h1-3H,4H2,(H,14,15). The molecule has 0 aliphatic heterocycles. The van der Waals surface area contributed by atoms with Crippen molar-refractivity contribution in [1.82, 2.24) is 9.97 Å². The van der Waals surface area contributed by atoms with E-state index in [1.807, 2.05) is 0 Å². The van der Waals surface area contributed by atoms with E-state index in [1.165, 1.54) is 18.2 Å². The summed E-state index contributed by atoms with van der Waals surface area (Å²) in [7, 11) is 0. The van der Waals surface area contributed by atoms with Crippen LogP contribution in [0.3, 0.4) is 0 Å². The molecular weight excluding hydrogens is 245 g/mol. The normalized spacial score (nSPS) is 12.0. The minimum absolute atomic E-state index is 0.171. The van der Waals surface area contributed by atoms with E-state index in [2.05, 4.69) is 14.7 Å². The van der Waals surface area contributed by atoms with E-state index >= 15 is 0 Å². The topological polar surface area (TPSA) is 37.9 Å². The molecule has 16 heavy (non-hydrogen) atoms. The SMILES string of the molecule is FC(F)(F)Oc1ccc2[nH]c(CCl)nc2c1. The Labute approximate surface area is 93.2 Å². The fourth-order valence-electron chi connectivity index (χ4n) is 1.30. The Balaban J connectivity index is 2.36. The molecule has 0 amide bonds. The quantitative estimate of drug-likeness (QED) is 0.831. The average Bonchev–Trinajstić information content (AvgIpc) is 2.57. The molecule has 0 bridgehead atoms. The Morgan fingerprint density at radius 1 is 1.38 bits per heavy atom. The third-order valence-electron chi connectivity index (χ3n) is 1.86. The van der Waals surface area contributed by atoms with Crippen LogP contribution in [0.2, 0.25) is 0 Å². The van der Waals surface area contributed by atoms with Crippen LogP contribution in [0.15, 0.2) is 18.2 Å². The van der Waals surface area contributed by atoms with Gasteiger partial charge in [-0.2, -0.15) is 0 Å². The van der Waals surface area contributed by atoms with Gasteiger partial charge >= 0.3 is 6.36 Å². The van der Waals surface area contributed by atoms with Crippen molar-refractivity contribution in [2.45, 2.75) is 12.2 Å². The van der Waals surface area contributed by atoms with Gasteiger partial charge in [-0.3, -0.25) is 0 Å². The number of nitrogens with zero attached hydrogens (tertiary/aromatic N) is 1. The van der Waals surface area contributed by atoms with E-state index < -0.39 is 6.36 Å². The summed E-state index contributed by atoms with van der Waals surface area (Å²) in [4.78, 5) is 6.84. The van der Waals surface area contributed by atoms with Crippen LogP contribution in [0.1, 0.15) is 5.82 Å². The molecule has 1 aromatic carbocycles. The predicted molar refractivity (Wildman–Crippen MR) is 52.3 cm³/mol. The Hall–Kier alpha value is -1.43. The smallest absolute Gasteiger partial charge is 0.406 e. The summed E-state index contributed by atoms with van der Waals surface area (Å²) in [6.07, 6.45) is -4.70. The largest absolute Gasteiger partial charge is 0.573 e. The van der Waals surface area contributed by atoms with Gasteiger partial charge in [-0.15, -0.1) is 24.8 Å². The van der Waals surface area contributed by atoms with Gasteiger partial charge in [-0.25, -0.2) is 4.98 Å². The first kappa shape index (κ1) is 11.1. The highest BCUT2D eigenvalue weighted by Crippen LogP contribution is 2.25. The van der Waals surface area contributed by atoms with E-state index in [4.69, 9.17) is 11.6 Å². The maximum absolute atomic E-state index is 11.9. The summed E-state index contributed by atoms with van der Waals surface area (Å²) in [6.45, 7) is 0. The van der Waals surface area contributed by atoms with E-state index in [0.717, 1.165) is 0 Å². The Bertz CT molecular complexity index is 509. The van der Waals surface area contributed by atoms with Gasteiger partial charge in [0.05, 0.1) is 16.9 Å². The summed E-state index contributed by atoms with van der Waals surface area (Å²) in [5, 5.41) is 0. The highest BCUT2D eigenvalue weighted by atomic mass is 35.5. The monoisotopic (exact) mass is 250 g/mol. The number of alkyl halides is 4. The molecule has 3 nitrogen and oxygen atoms in total. The van der Waals surface area contributed by atoms with Gasteiger partial charge < -0.3 is 9.72 Å². The van der Waals surface area contributed by atoms with Crippen LogP contribution in [0, 0.1) is 0 Å². The first-order valence-corrected chi connectivity index (χ1v) is 4.82. The van der Waals surface area contributed by atoms with Crippen LogP contribution in [-0.4, -0.2) is 16.3 Å². The highest BCUT2D eigenvalue weighted by molar-refractivity contribution is 6.16. The lowest BCUT2D eigenvalue weighted by Crippen LogP contribution is -2.16. The zero-order valence-electron chi connectivity index (χ0n) is 7.81. The minimum atomic E-state index is -4.70. The van der Waals surface area contributed by atoms with Crippen molar-refractivity contribution in [3.63, 3.8) is 0 Å². The van der Waals surface area contributed by atoms with Gasteiger partial charge in [0.2, 0.25) is 0 Å². The van der Waals surface area contributed by atoms with Gasteiger partial charge in [0, 0.05) is 6.07 Å². The summed E-state index contributed by atoms with van der Waals surface area (Å²) >= 11 is 5.54. The molecule has 0 spiro atoms. The number of rotatable bonds is 2. The number of hydrogen-bond donors (Lipinski definition) is 1. The van der Waals surface area contributed by atoms with Crippen molar-refractivity contribution in [2.75, 3.05) is 0 Å². The first-order valence-electron chi connectivity index (χ1n) is 4.28. The second-order valence-corrected chi connectivity index (χ2v) is 3.31. The van der Waals surface area contributed by atoms with Gasteiger partial charge in [-0.05, 0) is 12.1 Å². The molecule has 1 aromatic heterocycles. The van der Waals surface area contributed by atoms with Gasteiger partial charge in [0.1, 0.15) is 11.6 Å². The van der Waals surface area contributed by atoms with E-state index in [1.54, 1.807) is 0 Å². The van der Waals surface area contributed by atoms with Crippen LogP contribution in [0.5, 0.6) is 5.75 Å². The Morgan fingerprint density at radius 3 is 2.75 bits per heavy atom. The van der Waals surface area contributed by atoms with E-state index in [9.17, 15) is 13.2 Å². The third-order valence-corrected chi connectivity index (χ3v) is 2.12. The fraction of sp³-hybridized carbons (Fsp3) is 0.222. The first-order chi connectivity index (χ1) is 7.48. The molecular formula is C9H6ClF3N2O. The number of ether oxygens (including phenoxy) is 1. The average molecular weight is 251 g/mol. The molecule has 0 radical (unpaired) electrons. The molecule has 0 fully saturated rings. The lowest BCUT2D eigenvalue weighted by Gasteiger charge is -2.07. The molecule has 86 valence electrons. The van der Waals surface area contributed by atoms with E-state index in [-0.39, 0.29) is 11.6 Å². The lowest BCUT2D eigenvalue weighted by molar-refractivity contribution is -0.274. The van der Waals surface area contributed by atoms with E-state index in [0.29, 0.717) is 16.9 Å². The van der Waals surface area contributed by atoms with Crippen molar-refractivity contribution in [3.05, 3.63) is 24.0 Å². The third kappa shape index (κ3) is 2.38. The van der Waals surface area contributed by atoms with Gasteiger partial charge in [0.15, 0.2) is 0 Å². The molecule has 2 rings (SSSR count). The molecule has 1 heterocycles. The second-order valence-electron chi connectivity index (χ2n) is 3.04. The number of hydrogen-bond acceptors (Lipinski definition) is 2. The fourth-order valence-corrected chi connectivity index (χ4v) is 1.43. The van der Waals surface area contributed by atoms with Crippen molar-refractivity contribution in [3.8, 4) is 5.75 Å². The number of halogens is 4. The molecule has 1 N–H and O–H groups in total. The maximum atomic E-state index is 11.9. The van der Waals surface area contributed by atoms with Crippen molar-refractivity contribution >= 4 is 22.6 Å². The van der Waals surface area contributed by atoms with Gasteiger partial charge in [0.25, 0.3) is 0 Å². The van der Waals surface area contributed by atoms with Crippen molar-refractivity contribution < 1.29 is 17.9 Å². The second kappa shape index (κ2) is 3.86. The molecule has 0 aliphatic rings. The molecule has 7 heteroatoms. The lowest BCUT2D eigenvalue weighted by atomic mass is 10.3. The van der Waals surface area contributed by atoms with Crippen LogP contribution in [-0.2, 0) is 5.88 Å². The predicted octanol–water partition coefficient (Wildman–Crippen LogP) is 3.20. The van der Waals surface area contributed by atoms with Crippen LogP contribution >= 0.6 is 11.6 Å². The number of nitrogens with one attached hydrogen (secondary N) is 1. The number of fused-ring (bicyclic) bond motifs is 1. The molecule has 0 saturated heterocycles. The molecule has 0 saturated carbocycles. The van der Waals surface area contributed by atoms with Crippen LogP contribution in [0.25, 0.3) is 11.0 Å². The minimum Gasteiger partial charge on any atom is -0.406 e. The summed E-state index contributed by atoms with van der Waals surface area (Å²) in [5.41, 5.74) is 1.00. The molecule has 0 unspecified atom stereocenters. The molecule has 0 aliphatic carbocycles. The number of H-pyrrole nitrogens is 1. The molecule has 2 aromatic rings. The van der Waals surface area contributed by atoms with Gasteiger partial charge in [-0.1, -0.05) is 0 Å². The summed E-state index contributed by atoms with van der Waals surface area (Å²) in [6, 6.07) is 3.88. The number of imidazole rings is 1. The number of aromatic amines is 1. The zero-order chi connectivity index (χ0) is 11.8. The van der Waals surface area contributed by atoms with Crippen LogP contribution < -0.4 is 4.74 Å². The highest BCUT2D eigenvalue weighted by Gasteiger charge is 2.31. The Morgan fingerprint density at radius 2 is 2.12 bits per heavy atom.